The third-order valence-corrected chi connectivity index (χ3v) is 8.32. The number of ether oxygens (including phenoxy) is 6. The second-order valence-corrected chi connectivity index (χ2v) is 13.1. The number of hydrogen-bond acceptors (Lipinski definition) is 13. The first-order valence-corrected chi connectivity index (χ1v) is 15.9. The van der Waals surface area contributed by atoms with Gasteiger partial charge in [0, 0.05) is 5.41 Å². The minimum Gasteiger partial charge on any atom is -0.481 e. The normalized spacial score (nSPS) is 19.1. The number of esters is 2. The van der Waals surface area contributed by atoms with Crippen LogP contribution in [0.2, 0.25) is 0 Å². The van der Waals surface area contributed by atoms with Crippen molar-refractivity contribution in [2.75, 3.05) is 59.5 Å². The quantitative estimate of drug-likeness (QED) is 0.147. The molecule has 0 aromatic heterocycles. The Labute approximate surface area is 277 Å². The summed E-state index contributed by atoms with van der Waals surface area (Å²) in [7, 11) is 0. The average molecular weight is 683 g/mol. The number of hydrogen-bond donors (Lipinski definition) is 5. The Hall–Kier alpha value is -2.40. The van der Waals surface area contributed by atoms with Crippen molar-refractivity contribution in [3.05, 3.63) is 0 Å². The van der Waals surface area contributed by atoms with Crippen molar-refractivity contribution in [2.45, 2.75) is 105 Å². The van der Waals surface area contributed by atoms with Gasteiger partial charge >= 0.3 is 23.9 Å². The number of carboxylic acid groups (broad SMARTS) is 2. The number of aliphatic hydroxyl groups is 3. The van der Waals surface area contributed by atoms with Gasteiger partial charge in [-0.15, -0.1) is 0 Å². The topological polar surface area (TPSA) is 225 Å². The van der Waals surface area contributed by atoms with Gasteiger partial charge < -0.3 is 54.0 Å². The Morgan fingerprint density at radius 1 is 0.638 bits per heavy atom. The summed E-state index contributed by atoms with van der Waals surface area (Å²) in [6, 6.07) is 0. The Morgan fingerprint density at radius 2 is 1.02 bits per heavy atom. The smallest absolute Gasteiger partial charge is 0.306 e. The highest BCUT2D eigenvalue weighted by Crippen LogP contribution is 2.33. The molecule has 0 amide bonds. The summed E-state index contributed by atoms with van der Waals surface area (Å²) in [4.78, 5) is 43.0. The van der Waals surface area contributed by atoms with Gasteiger partial charge in [-0.05, 0) is 47.0 Å². The predicted molar refractivity (Wildman–Crippen MR) is 167 cm³/mol. The number of carboxylic acids is 2. The second-order valence-electron chi connectivity index (χ2n) is 13.1. The lowest BCUT2D eigenvalue weighted by Gasteiger charge is -2.42. The van der Waals surface area contributed by atoms with Crippen molar-refractivity contribution in [2.24, 2.45) is 16.2 Å². The van der Waals surface area contributed by atoms with Crippen molar-refractivity contribution in [1.29, 1.82) is 0 Å². The van der Waals surface area contributed by atoms with E-state index in [9.17, 15) is 19.2 Å². The van der Waals surface area contributed by atoms with Gasteiger partial charge in [0.25, 0.3) is 0 Å². The largest absolute Gasteiger partial charge is 0.481 e. The molecule has 0 atom stereocenters. The summed E-state index contributed by atoms with van der Waals surface area (Å²) in [6.07, 6.45) is 1.31. The molecule has 0 aromatic rings. The molecule has 2 fully saturated rings. The summed E-state index contributed by atoms with van der Waals surface area (Å²) in [6.45, 7) is 15.0. The maximum absolute atomic E-state index is 11.4. The number of carbonyl (C=O) groups excluding carboxylic acids is 2. The van der Waals surface area contributed by atoms with Gasteiger partial charge in [0.15, 0.2) is 11.6 Å². The molecule has 5 N–H and O–H groups in total. The predicted octanol–water partition coefficient (Wildman–Crippen LogP) is 2.51. The highest BCUT2D eigenvalue weighted by atomic mass is 16.7. The van der Waals surface area contributed by atoms with E-state index in [1.54, 1.807) is 6.92 Å². The molecule has 0 radical (unpaired) electrons. The van der Waals surface area contributed by atoms with E-state index in [1.165, 1.54) is 0 Å². The lowest BCUT2D eigenvalue weighted by atomic mass is 9.87. The number of rotatable bonds is 16. The van der Waals surface area contributed by atoms with Crippen LogP contribution in [0.5, 0.6) is 0 Å². The van der Waals surface area contributed by atoms with Gasteiger partial charge in [0.1, 0.15) is 13.2 Å². The molecule has 0 aromatic carbocycles. The van der Waals surface area contributed by atoms with Crippen LogP contribution in [0.1, 0.15) is 93.4 Å². The van der Waals surface area contributed by atoms with Gasteiger partial charge in [-0.25, -0.2) is 0 Å². The van der Waals surface area contributed by atoms with Crippen LogP contribution in [-0.4, -0.2) is 120 Å². The van der Waals surface area contributed by atoms with Gasteiger partial charge in [-0.2, -0.15) is 0 Å². The maximum atomic E-state index is 11.4. The molecule has 47 heavy (non-hydrogen) atoms. The van der Waals surface area contributed by atoms with Crippen molar-refractivity contribution in [3.63, 3.8) is 0 Å². The van der Waals surface area contributed by atoms with Gasteiger partial charge in [-0.3, -0.25) is 19.2 Å². The molecule has 2 aliphatic rings. The number of aliphatic carboxylic acids is 2. The fourth-order valence-corrected chi connectivity index (χ4v) is 3.77. The zero-order chi connectivity index (χ0) is 36.4. The molecule has 2 aliphatic heterocycles. The molecule has 0 aliphatic carbocycles. The second kappa shape index (κ2) is 20.9. The van der Waals surface area contributed by atoms with E-state index in [0.29, 0.717) is 32.8 Å². The van der Waals surface area contributed by atoms with Crippen LogP contribution in [0, 0.1) is 16.2 Å². The average Bonchev–Trinajstić information content (AvgIpc) is 3.04. The van der Waals surface area contributed by atoms with E-state index in [4.69, 9.17) is 54.0 Å². The first-order chi connectivity index (χ1) is 21.8. The first-order valence-electron chi connectivity index (χ1n) is 15.9. The van der Waals surface area contributed by atoms with Crippen LogP contribution in [-0.2, 0) is 47.6 Å². The lowest BCUT2D eigenvalue weighted by molar-refractivity contribution is -0.291. The molecule has 2 heterocycles. The summed E-state index contributed by atoms with van der Waals surface area (Å²) >= 11 is 0. The van der Waals surface area contributed by atoms with Gasteiger partial charge in [0.05, 0.1) is 82.8 Å². The van der Waals surface area contributed by atoms with Crippen LogP contribution in [0.3, 0.4) is 0 Å². The van der Waals surface area contributed by atoms with Crippen LogP contribution < -0.4 is 0 Å². The van der Waals surface area contributed by atoms with Crippen molar-refractivity contribution < 1.29 is 73.1 Å². The van der Waals surface area contributed by atoms with Crippen LogP contribution in [0.15, 0.2) is 0 Å². The zero-order valence-electron chi connectivity index (χ0n) is 29.1. The summed E-state index contributed by atoms with van der Waals surface area (Å²) in [5.74, 6) is -4.29. The molecule has 276 valence electrons. The van der Waals surface area contributed by atoms with Crippen molar-refractivity contribution in [3.8, 4) is 0 Å². The molecule has 0 spiro atoms. The highest BCUT2D eigenvalue weighted by molar-refractivity contribution is 5.77. The Kier molecular flexibility index (Phi) is 19.8. The number of aliphatic hydroxyl groups excluding tert-OH is 3. The van der Waals surface area contributed by atoms with Crippen LogP contribution in [0.25, 0.3) is 0 Å². The third-order valence-electron chi connectivity index (χ3n) is 8.32. The number of carbonyl (C=O) groups is 4. The Morgan fingerprint density at radius 3 is 1.34 bits per heavy atom. The molecule has 0 bridgehead atoms. The maximum Gasteiger partial charge on any atom is 0.306 e. The van der Waals surface area contributed by atoms with Crippen molar-refractivity contribution in [1.82, 2.24) is 0 Å². The van der Waals surface area contributed by atoms with E-state index in [-0.39, 0.29) is 69.5 Å². The molecule has 0 saturated carbocycles. The first kappa shape index (κ1) is 44.6. The van der Waals surface area contributed by atoms with Crippen LogP contribution in [0.4, 0.5) is 0 Å². The SMILES string of the molecule is CCC(CO)(CO)COC(=O)CCC(=O)O.CCC1(CO)COC(C)(C)OC1.CCC1(COC(=O)CCC(=O)O)COC(C)(C)OC1. The van der Waals surface area contributed by atoms with E-state index in [0.717, 1.165) is 12.8 Å². The Balaban J connectivity index is 0.000000692. The minimum absolute atomic E-state index is 0.102. The summed E-state index contributed by atoms with van der Waals surface area (Å²) < 4.78 is 32.1. The van der Waals surface area contributed by atoms with E-state index < -0.39 is 40.9 Å². The molecule has 15 nitrogen and oxygen atoms in total. The van der Waals surface area contributed by atoms with Crippen molar-refractivity contribution >= 4 is 23.9 Å². The highest BCUT2D eigenvalue weighted by Gasteiger charge is 2.40. The Bertz CT molecular complexity index is 924. The summed E-state index contributed by atoms with van der Waals surface area (Å²) in [5.41, 5.74) is -1.34. The standard InChI is InChI=1S/C13H22O6.C10H18O6.C9H18O3/c1-4-13(8-18-12(2,3)19-9-13)7-17-11(16)6-5-10(14)15;1-2-10(5-11,6-12)7-16-9(15)4-3-8(13)14;1-4-9(5-10)6-11-8(2,3)12-7-9/h4-9H2,1-3H3,(H,14,15);11-12H,2-7H2,1H3,(H,13,14);10H,4-7H2,1-3H3. The summed E-state index contributed by atoms with van der Waals surface area (Å²) in [5, 5.41) is 44.1. The molecule has 2 saturated heterocycles. The zero-order valence-corrected chi connectivity index (χ0v) is 29.1. The molecule has 15 heteroatoms. The molecular weight excluding hydrogens is 624 g/mol. The lowest BCUT2D eigenvalue weighted by Crippen LogP contribution is -2.48. The third kappa shape index (κ3) is 17.5. The van der Waals surface area contributed by atoms with E-state index >= 15 is 0 Å². The molecule has 2 rings (SSSR count). The van der Waals surface area contributed by atoms with Gasteiger partial charge in [-0.1, -0.05) is 20.8 Å². The minimum atomic E-state index is -1.07. The fraction of sp³-hybridized carbons (Fsp3) is 0.875. The van der Waals surface area contributed by atoms with E-state index in [1.807, 2.05) is 41.5 Å². The molecular formula is C32H58O15. The fourth-order valence-electron chi connectivity index (χ4n) is 3.77. The van der Waals surface area contributed by atoms with Crippen LogP contribution >= 0.6 is 0 Å². The van der Waals surface area contributed by atoms with Gasteiger partial charge in [0.2, 0.25) is 0 Å². The molecule has 0 unspecified atom stereocenters. The monoisotopic (exact) mass is 682 g/mol. The van der Waals surface area contributed by atoms with E-state index in [2.05, 4.69) is 0 Å².